The smallest absolute Gasteiger partial charge is 0.410 e. The number of benzene rings is 1. The Morgan fingerprint density at radius 2 is 1.96 bits per heavy atom. The van der Waals surface area contributed by atoms with Crippen LogP contribution in [0.15, 0.2) is 30.3 Å². The summed E-state index contributed by atoms with van der Waals surface area (Å²) in [7, 11) is 1.52. The Kier molecular flexibility index (Phi) is 5.27. The zero-order valence-corrected chi connectivity index (χ0v) is 14.9. The van der Waals surface area contributed by atoms with E-state index >= 15 is 0 Å². The Morgan fingerprint density at radius 1 is 1.28 bits per heavy atom. The average Bonchev–Trinajstić information content (AvgIpc) is 2.91. The van der Waals surface area contributed by atoms with Gasteiger partial charge in [0.1, 0.15) is 12.2 Å². The molecular weight excluding hydrogens is 320 g/mol. The molecule has 2 saturated heterocycles. The van der Waals surface area contributed by atoms with Crippen LogP contribution in [0, 0.1) is 0 Å². The van der Waals surface area contributed by atoms with Gasteiger partial charge in [0.15, 0.2) is 0 Å². The van der Waals surface area contributed by atoms with Gasteiger partial charge >= 0.3 is 6.09 Å². The number of piperidine rings is 1. The molecule has 1 spiro atoms. The molecule has 0 N–H and O–H groups in total. The molecule has 2 amide bonds. The highest BCUT2D eigenvalue weighted by atomic mass is 16.6. The van der Waals surface area contributed by atoms with Gasteiger partial charge in [0.25, 0.3) is 0 Å². The molecule has 1 aromatic carbocycles. The molecule has 0 bridgehead atoms. The molecule has 6 nitrogen and oxygen atoms in total. The Balaban J connectivity index is 1.57. The summed E-state index contributed by atoms with van der Waals surface area (Å²) in [6.45, 7) is 4.70. The Labute approximate surface area is 148 Å². The van der Waals surface area contributed by atoms with E-state index in [0.717, 1.165) is 0 Å². The molecule has 0 aliphatic carbocycles. The molecule has 1 aromatic rings. The van der Waals surface area contributed by atoms with Gasteiger partial charge in [-0.05, 0) is 11.5 Å². The van der Waals surface area contributed by atoms with Gasteiger partial charge in [-0.3, -0.25) is 4.79 Å². The Bertz CT molecular complexity index is 611. The fraction of sp³-hybridized carbons (Fsp3) is 0.579. The van der Waals surface area contributed by atoms with Crippen LogP contribution in [0.5, 0.6) is 0 Å². The van der Waals surface area contributed by atoms with Crippen molar-refractivity contribution in [2.75, 3.05) is 39.9 Å². The number of hydrogen-bond donors (Lipinski definition) is 0. The fourth-order valence-corrected chi connectivity index (χ4v) is 3.69. The lowest BCUT2D eigenvalue weighted by atomic mass is 9.91. The second-order valence-electron chi connectivity index (χ2n) is 7.06. The Morgan fingerprint density at radius 3 is 2.60 bits per heavy atom. The van der Waals surface area contributed by atoms with Gasteiger partial charge in [0, 0.05) is 39.6 Å². The van der Waals surface area contributed by atoms with Crippen molar-refractivity contribution in [1.82, 2.24) is 9.80 Å². The maximum atomic E-state index is 12.3. The van der Waals surface area contributed by atoms with Crippen molar-refractivity contribution in [1.29, 1.82) is 0 Å². The third kappa shape index (κ3) is 3.95. The minimum atomic E-state index is -0.447. The number of rotatable bonds is 5. The summed E-state index contributed by atoms with van der Waals surface area (Å²) in [5.41, 5.74) is 0.772. The topological polar surface area (TPSA) is 59.1 Å². The zero-order chi connectivity index (χ0) is 17.9. The van der Waals surface area contributed by atoms with E-state index in [1.807, 2.05) is 23.1 Å². The quantitative estimate of drug-likeness (QED) is 0.820. The summed E-state index contributed by atoms with van der Waals surface area (Å²) in [5, 5.41) is 0. The molecular formula is C19H26N2O4. The van der Waals surface area contributed by atoms with Crippen molar-refractivity contribution in [3.63, 3.8) is 0 Å². The molecule has 2 fully saturated rings. The average molecular weight is 346 g/mol. The molecule has 6 heteroatoms. The third-order valence-electron chi connectivity index (χ3n) is 5.20. The van der Waals surface area contributed by atoms with E-state index in [9.17, 15) is 9.59 Å². The third-order valence-corrected chi connectivity index (χ3v) is 5.20. The van der Waals surface area contributed by atoms with Crippen LogP contribution in [0.1, 0.15) is 31.2 Å². The minimum absolute atomic E-state index is 0.00349. The molecule has 2 aliphatic heterocycles. The minimum Gasteiger partial charge on any atom is -0.441 e. The number of carbonyl (C=O) groups excluding carboxylic acids is 2. The number of amides is 2. The van der Waals surface area contributed by atoms with Crippen molar-refractivity contribution >= 4 is 12.0 Å². The van der Waals surface area contributed by atoms with E-state index in [-0.39, 0.29) is 24.5 Å². The van der Waals surface area contributed by atoms with Crippen LogP contribution in [-0.4, -0.2) is 67.3 Å². The first kappa shape index (κ1) is 17.7. The van der Waals surface area contributed by atoms with Crippen LogP contribution in [0.3, 0.4) is 0 Å². The lowest BCUT2D eigenvalue weighted by molar-refractivity contribution is -0.138. The second kappa shape index (κ2) is 7.44. The van der Waals surface area contributed by atoms with Crippen LogP contribution in [0.25, 0.3) is 0 Å². The van der Waals surface area contributed by atoms with Gasteiger partial charge < -0.3 is 19.3 Å². The predicted molar refractivity (Wildman–Crippen MR) is 93.3 cm³/mol. The van der Waals surface area contributed by atoms with E-state index in [4.69, 9.17) is 9.47 Å². The van der Waals surface area contributed by atoms with Crippen molar-refractivity contribution in [3.8, 4) is 0 Å². The monoisotopic (exact) mass is 346 g/mol. The largest absolute Gasteiger partial charge is 0.441 e. The van der Waals surface area contributed by atoms with Gasteiger partial charge in [0.05, 0.1) is 6.54 Å². The number of ether oxygens (including phenoxy) is 2. The van der Waals surface area contributed by atoms with E-state index < -0.39 is 5.60 Å². The number of methoxy groups -OCH3 is 1. The number of carbonyl (C=O) groups is 2. The number of hydrogen-bond acceptors (Lipinski definition) is 4. The van der Waals surface area contributed by atoms with Crippen LogP contribution < -0.4 is 0 Å². The van der Waals surface area contributed by atoms with Gasteiger partial charge in [0.2, 0.25) is 5.91 Å². The van der Waals surface area contributed by atoms with Crippen LogP contribution in [0.4, 0.5) is 4.79 Å². The van der Waals surface area contributed by atoms with Crippen molar-refractivity contribution in [3.05, 3.63) is 35.9 Å². The highest BCUT2D eigenvalue weighted by Crippen LogP contribution is 2.34. The van der Waals surface area contributed by atoms with E-state index in [1.54, 1.807) is 4.90 Å². The van der Waals surface area contributed by atoms with E-state index in [2.05, 4.69) is 19.1 Å². The predicted octanol–water partition coefficient (Wildman–Crippen LogP) is 2.25. The summed E-state index contributed by atoms with van der Waals surface area (Å²) < 4.78 is 10.7. The molecule has 136 valence electrons. The molecule has 0 unspecified atom stereocenters. The van der Waals surface area contributed by atoms with Gasteiger partial charge in [-0.25, -0.2) is 4.79 Å². The molecule has 25 heavy (non-hydrogen) atoms. The van der Waals surface area contributed by atoms with Gasteiger partial charge in [-0.1, -0.05) is 37.3 Å². The Hall–Kier alpha value is -2.08. The molecule has 1 atom stereocenters. The first-order valence-electron chi connectivity index (χ1n) is 8.82. The summed E-state index contributed by atoms with van der Waals surface area (Å²) in [6.07, 6.45) is 1.13. The van der Waals surface area contributed by atoms with Crippen LogP contribution in [-0.2, 0) is 14.3 Å². The van der Waals surface area contributed by atoms with Crippen molar-refractivity contribution in [2.45, 2.75) is 31.3 Å². The number of nitrogens with zero attached hydrogens (tertiary/aromatic N) is 2. The summed E-state index contributed by atoms with van der Waals surface area (Å²) in [6, 6.07) is 10.2. The maximum absolute atomic E-state index is 12.3. The van der Waals surface area contributed by atoms with Gasteiger partial charge in [-0.2, -0.15) is 0 Å². The second-order valence-corrected chi connectivity index (χ2v) is 7.06. The lowest BCUT2D eigenvalue weighted by Crippen LogP contribution is -2.49. The van der Waals surface area contributed by atoms with E-state index in [0.29, 0.717) is 39.0 Å². The summed E-state index contributed by atoms with van der Waals surface area (Å²) in [5.74, 6) is 0.253. The lowest BCUT2D eigenvalue weighted by Gasteiger charge is -2.37. The first-order chi connectivity index (χ1) is 12.0. The zero-order valence-electron chi connectivity index (χ0n) is 14.9. The molecule has 2 aliphatic rings. The summed E-state index contributed by atoms with van der Waals surface area (Å²) in [4.78, 5) is 27.9. The molecule has 3 rings (SSSR count). The normalized spacial score (nSPS) is 20.6. The number of likely N-dealkylation sites (tertiary alicyclic amines) is 1. The standard InChI is InChI=1S/C19H26N2O4/c1-15(16-6-4-3-5-7-16)12-21-14-19(25-18(21)23)8-10-20(11-9-19)17(22)13-24-2/h3-7,15H,8-14H2,1-2H3/t15-/m1/s1. The molecule has 0 radical (unpaired) electrons. The molecule has 2 heterocycles. The summed E-state index contributed by atoms with van der Waals surface area (Å²) >= 11 is 0. The van der Waals surface area contributed by atoms with Gasteiger partial charge in [-0.15, -0.1) is 0 Å². The van der Waals surface area contributed by atoms with Crippen molar-refractivity contribution in [2.24, 2.45) is 0 Å². The first-order valence-corrected chi connectivity index (χ1v) is 8.82. The van der Waals surface area contributed by atoms with E-state index in [1.165, 1.54) is 12.7 Å². The molecule has 0 aromatic heterocycles. The fourth-order valence-electron chi connectivity index (χ4n) is 3.69. The highest BCUT2D eigenvalue weighted by molar-refractivity contribution is 5.77. The molecule has 0 saturated carbocycles. The van der Waals surface area contributed by atoms with Crippen molar-refractivity contribution < 1.29 is 19.1 Å². The van der Waals surface area contributed by atoms with Crippen LogP contribution >= 0.6 is 0 Å². The maximum Gasteiger partial charge on any atom is 0.410 e. The highest BCUT2D eigenvalue weighted by Gasteiger charge is 2.47. The van der Waals surface area contributed by atoms with Crippen LogP contribution in [0.2, 0.25) is 0 Å². The SMILES string of the molecule is COCC(=O)N1CCC2(CC1)CN(C[C@@H](C)c1ccccc1)C(=O)O2.